The van der Waals surface area contributed by atoms with Gasteiger partial charge in [0.2, 0.25) is 0 Å². The first-order valence-electron chi connectivity index (χ1n) is 6.56. The van der Waals surface area contributed by atoms with E-state index in [2.05, 4.69) is 4.98 Å². The van der Waals surface area contributed by atoms with Crippen molar-refractivity contribution in [3.63, 3.8) is 0 Å². The fraction of sp³-hybridized carbons (Fsp3) is 0.118. The molecule has 0 amide bonds. The summed E-state index contributed by atoms with van der Waals surface area (Å²) in [5.41, 5.74) is 1.98. The molecular formula is C17H14FNO2. The maximum Gasteiger partial charge on any atom is 0.165 e. The maximum atomic E-state index is 13.5. The molecule has 1 N–H and O–H groups in total. The molecule has 1 aromatic heterocycles. The predicted molar refractivity (Wildman–Crippen MR) is 78.8 cm³/mol. The van der Waals surface area contributed by atoms with E-state index in [1.54, 1.807) is 12.3 Å². The first kappa shape index (κ1) is 13.5. The lowest BCUT2D eigenvalue weighted by atomic mass is 9.98. The van der Waals surface area contributed by atoms with Gasteiger partial charge in [-0.3, -0.25) is 4.98 Å². The Balaban J connectivity index is 2.10. The minimum Gasteiger partial charge on any atom is -0.494 e. The van der Waals surface area contributed by atoms with Crippen molar-refractivity contribution in [2.45, 2.75) is 6.10 Å². The topological polar surface area (TPSA) is 42.4 Å². The predicted octanol–water partition coefficient (Wildman–Crippen LogP) is 3.46. The SMILES string of the molecule is COc1cc(C(O)c2cccc3cccnc23)ccc1F. The fourth-order valence-electron chi connectivity index (χ4n) is 2.37. The van der Waals surface area contributed by atoms with E-state index in [-0.39, 0.29) is 5.75 Å². The van der Waals surface area contributed by atoms with Crippen LogP contribution in [0.2, 0.25) is 0 Å². The zero-order chi connectivity index (χ0) is 14.8. The van der Waals surface area contributed by atoms with Crippen LogP contribution in [0.3, 0.4) is 0 Å². The highest BCUT2D eigenvalue weighted by Gasteiger charge is 2.16. The standard InChI is InChI=1S/C17H14FNO2/c1-21-15-10-12(7-8-14(15)18)17(20)13-6-2-4-11-5-3-9-19-16(11)13/h2-10,17,20H,1H3. The van der Waals surface area contributed by atoms with Crippen LogP contribution >= 0.6 is 0 Å². The molecule has 0 spiro atoms. The molecule has 0 aliphatic heterocycles. The smallest absolute Gasteiger partial charge is 0.165 e. The summed E-state index contributed by atoms with van der Waals surface area (Å²) in [6.07, 6.45) is 0.794. The van der Waals surface area contributed by atoms with Gasteiger partial charge >= 0.3 is 0 Å². The Hall–Kier alpha value is -2.46. The van der Waals surface area contributed by atoms with Gasteiger partial charge in [-0.05, 0) is 23.8 Å². The lowest BCUT2D eigenvalue weighted by Gasteiger charge is -2.14. The number of hydrogen-bond acceptors (Lipinski definition) is 3. The molecule has 0 saturated carbocycles. The largest absolute Gasteiger partial charge is 0.494 e. The number of halogens is 1. The van der Waals surface area contributed by atoms with Crippen LogP contribution in [0.15, 0.2) is 54.7 Å². The number of rotatable bonds is 3. The van der Waals surface area contributed by atoms with Crippen LogP contribution in [0.1, 0.15) is 17.2 Å². The molecule has 1 heterocycles. The van der Waals surface area contributed by atoms with Gasteiger partial charge in [0.25, 0.3) is 0 Å². The minimum atomic E-state index is -0.891. The second kappa shape index (κ2) is 5.50. The number of aliphatic hydroxyl groups excluding tert-OH is 1. The normalized spacial score (nSPS) is 12.3. The van der Waals surface area contributed by atoms with Crippen molar-refractivity contribution in [3.8, 4) is 5.75 Å². The first-order valence-corrected chi connectivity index (χ1v) is 6.56. The lowest BCUT2D eigenvalue weighted by Crippen LogP contribution is -2.02. The van der Waals surface area contributed by atoms with E-state index in [9.17, 15) is 9.50 Å². The molecule has 1 unspecified atom stereocenters. The number of aliphatic hydroxyl groups is 1. The molecule has 0 bridgehead atoms. The molecule has 4 heteroatoms. The van der Waals surface area contributed by atoms with Crippen LogP contribution in [0, 0.1) is 5.82 Å². The number of aromatic nitrogens is 1. The molecule has 1 atom stereocenters. The van der Waals surface area contributed by atoms with E-state index < -0.39 is 11.9 Å². The zero-order valence-electron chi connectivity index (χ0n) is 11.5. The van der Waals surface area contributed by atoms with Gasteiger partial charge in [0, 0.05) is 17.1 Å². The molecule has 0 aliphatic rings. The van der Waals surface area contributed by atoms with Crippen molar-refractivity contribution in [1.29, 1.82) is 0 Å². The fourth-order valence-corrected chi connectivity index (χ4v) is 2.37. The summed E-state index contributed by atoms with van der Waals surface area (Å²) in [5, 5.41) is 11.5. The van der Waals surface area contributed by atoms with Crippen LogP contribution in [0.4, 0.5) is 4.39 Å². The van der Waals surface area contributed by atoms with Crippen LogP contribution in [-0.4, -0.2) is 17.2 Å². The average molecular weight is 283 g/mol. The summed E-state index contributed by atoms with van der Waals surface area (Å²) in [7, 11) is 1.40. The monoisotopic (exact) mass is 283 g/mol. The Morgan fingerprint density at radius 3 is 2.76 bits per heavy atom. The first-order chi connectivity index (χ1) is 10.2. The van der Waals surface area contributed by atoms with E-state index in [0.29, 0.717) is 11.1 Å². The average Bonchev–Trinajstić information content (AvgIpc) is 2.54. The molecule has 0 radical (unpaired) electrons. The van der Waals surface area contributed by atoms with E-state index in [1.165, 1.54) is 19.2 Å². The molecule has 21 heavy (non-hydrogen) atoms. The number of hydrogen-bond donors (Lipinski definition) is 1. The van der Waals surface area contributed by atoms with Crippen molar-refractivity contribution >= 4 is 10.9 Å². The van der Waals surface area contributed by atoms with Crippen LogP contribution < -0.4 is 4.74 Å². The number of benzene rings is 2. The van der Waals surface area contributed by atoms with Gasteiger partial charge in [0.15, 0.2) is 11.6 Å². The second-order valence-electron chi connectivity index (χ2n) is 4.72. The molecule has 3 nitrogen and oxygen atoms in total. The van der Waals surface area contributed by atoms with Crippen LogP contribution in [0.25, 0.3) is 10.9 Å². The van der Waals surface area contributed by atoms with E-state index in [0.717, 1.165) is 10.9 Å². The van der Waals surface area contributed by atoms with Gasteiger partial charge in [-0.1, -0.05) is 30.3 Å². The number of para-hydroxylation sites is 1. The van der Waals surface area contributed by atoms with E-state index in [1.807, 2.05) is 30.3 Å². The number of nitrogens with zero attached hydrogens (tertiary/aromatic N) is 1. The summed E-state index contributed by atoms with van der Waals surface area (Å²) < 4.78 is 18.4. The summed E-state index contributed by atoms with van der Waals surface area (Å²) in [4.78, 5) is 4.32. The van der Waals surface area contributed by atoms with Crippen LogP contribution in [-0.2, 0) is 0 Å². The quantitative estimate of drug-likeness (QED) is 0.800. The van der Waals surface area contributed by atoms with Crippen molar-refractivity contribution in [2.75, 3.05) is 7.11 Å². The molecule has 2 aromatic carbocycles. The van der Waals surface area contributed by atoms with Crippen molar-refractivity contribution in [1.82, 2.24) is 4.98 Å². The third-order valence-electron chi connectivity index (χ3n) is 3.45. The highest BCUT2D eigenvalue weighted by atomic mass is 19.1. The molecule has 0 saturated heterocycles. The number of ether oxygens (including phenoxy) is 1. The number of pyridine rings is 1. The maximum absolute atomic E-state index is 13.5. The summed E-state index contributed by atoms with van der Waals surface area (Å²) in [5.74, 6) is -0.343. The van der Waals surface area contributed by atoms with Crippen LogP contribution in [0.5, 0.6) is 5.75 Å². The van der Waals surface area contributed by atoms with Crippen molar-refractivity contribution < 1.29 is 14.2 Å². The van der Waals surface area contributed by atoms with Gasteiger partial charge in [0.1, 0.15) is 6.10 Å². The molecule has 106 valence electrons. The molecule has 3 aromatic rings. The Bertz CT molecular complexity index is 783. The van der Waals surface area contributed by atoms with Crippen molar-refractivity contribution in [3.05, 3.63) is 71.7 Å². The molecule has 0 aliphatic carbocycles. The van der Waals surface area contributed by atoms with Gasteiger partial charge in [-0.15, -0.1) is 0 Å². The second-order valence-corrected chi connectivity index (χ2v) is 4.72. The number of fused-ring (bicyclic) bond motifs is 1. The highest BCUT2D eigenvalue weighted by Crippen LogP contribution is 2.30. The summed E-state index contributed by atoms with van der Waals surface area (Å²) in [6.45, 7) is 0. The Morgan fingerprint density at radius 2 is 1.95 bits per heavy atom. The lowest BCUT2D eigenvalue weighted by molar-refractivity contribution is 0.221. The van der Waals surface area contributed by atoms with Gasteiger partial charge in [-0.25, -0.2) is 4.39 Å². The minimum absolute atomic E-state index is 0.111. The summed E-state index contributed by atoms with van der Waals surface area (Å²) in [6, 6.07) is 13.7. The van der Waals surface area contributed by atoms with Gasteiger partial charge < -0.3 is 9.84 Å². The number of methoxy groups -OCH3 is 1. The van der Waals surface area contributed by atoms with Gasteiger partial charge in [-0.2, -0.15) is 0 Å². The summed E-state index contributed by atoms with van der Waals surface area (Å²) >= 11 is 0. The zero-order valence-corrected chi connectivity index (χ0v) is 11.5. The Labute approximate surface area is 121 Å². The molecule has 3 rings (SSSR count). The van der Waals surface area contributed by atoms with Gasteiger partial charge in [0.05, 0.1) is 12.6 Å². The van der Waals surface area contributed by atoms with Crippen molar-refractivity contribution in [2.24, 2.45) is 0 Å². The third-order valence-corrected chi connectivity index (χ3v) is 3.45. The molecular weight excluding hydrogens is 269 g/mol. The third kappa shape index (κ3) is 2.45. The highest BCUT2D eigenvalue weighted by molar-refractivity contribution is 5.82. The van der Waals surface area contributed by atoms with E-state index >= 15 is 0 Å². The van der Waals surface area contributed by atoms with E-state index in [4.69, 9.17) is 4.74 Å². The Morgan fingerprint density at radius 1 is 1.14 bits per heavy atom. The Kier molecular flexibility index (Phi) is 3.54. The molecule has 0 fully saturated rings.